The molecule has 2 N–H and O–H groups in total. The van der Waals surface area contributed by atoms with Gasteiger partial charge in [0.05, 0.1) is 18.4 Å². The van der Waals surface area contributed by atoms with E-state index in [1.54, 1.807) is 6.07 Å². The second kappa shape index (κ2) is 10.2. The van der Waals surface area contributed by atoms with Crippen LogP contribution < -0.4 is 10.2 Å². The number of ether oxygens (including phenoxy) is 1. The Bertz CT molecular complexity index is 593. The van der Waals surface area contributed by atoms with Crippen molar-refractivity contribution in [2.45, 2.75) is 6.10 Å². The molecule has 0 radical (unpaired) electrons. The van der Waals surface area contributed by atoms with Crippen molar-refractivity contribution < 1.29 is 9.84 Å². The lowest BCUT2D eigenvalue weighted by molar-refractivity contribution is -0.0163. The summed E-state index contributed by atoms with van der Waals surface area (Å²) in [4.78, 5) is 11.2. The van der Waals surface area contributed by atoms with Gasteiger partial charge in [-0.3, -0.25) is 4.99 Å². The zero-order valence-electron chi connectivity index (χ0n) is 15.6. The molecule has 8 heteroatoms. The fraction of sp³-hybridized carbons (Fsp3) is 0.611. The lowest BCUT2D eigenvalue weighted by Gasteiger charge is -2.38. The van der Waals surface area contributed by atoms with Gasteiger partial charge in [-0.15, -0.1) is 24.0 Å². The topological polar surface area (TPSA) is 63.6 Å². The molecule has 2 aliphatic rings. The number of benzene rings is 1. The van der Waals surface area contributed by atoms with Crippen molar-refractivity contribution in [1.29, 1.82) is 0 Å². The first-order valence-electron chi connectivity index (χ1n) is 8.96. The molecule has 1 aromatic carbocycles. The molecule has 1 atom stereocenters. The average Bonchev–Trinajstić information content (AvgIpc) is 2.63. The number of piperazine rings is 1. The molecule has 1 aromatic rings. The highest BCUT2D eigenvalue weighted by Crippen LogP contribution is 2.27. The minimum Gasteiger partial charge on any atom is -0.506 e. The molecule has 3 rings (SSSR count). The molecule has 0 bridgehead atoms. The predicted molar refractivity (Wildman–Crippen MR) is 116 cm³/mol. The smallest absolute Gasteiger partial charge is 0.193 e. The van der Waals surface area contributed by atoms with Crippen LogP contribution in [0.3, 0.4) is 0 Å². The van der Waals surface area contributed by atoms with Crippen LogP contribution in [-0.4, -0.2) is 93.5 Å². The Morgan fingerprint density at radius 2 is 1.96 bits per heavy atom. The van der Waals surface area contributed by atoms with Gasteiger partial charge in [0, 0.05) is 52.9 Å². The number of rotatable bonds is 3. The third-order valence-electron chi connectivity index (χ3n) is 4.84. The zero-order valence-corrected chi connectivity index (χ0v) is 17.9. The van der Waals surface area contributed by atoms with Gasteiger partial charge in [0.2, 0.25) is 0 Å². The third-order valence-corrected chi connectivity index (χ3v) is 4.84. The van der Waals surface area contributed by atoms with Crippen molar-refractivity contribution in [2.24, 2.45) is 4.99 Å². The number of aromatic hydroxyl groups is 1. The van der Waals surface area contributed by atoms with Gasteiger partial charge in [-0.25, -0.2) is 0 Å². The number of aliphatic imine (C=N–C) groups is 1. The van der Waals surface area contributed by atoms with E-state index in [4.69, 9.17) is 4.74 Å². The third kappa shape index (κ3) is 5.37. The number of guanidine groups is 1. The van der Waals surface area contributed by atoms with Gasteiger partial charge in [0.25, 0.3) is 0 Å². The number of phenolic OH excluding ortho intramolecular Hbond substituents is 1. The number of hydrogen-bond acceptors (Lipinski definition) is 5. The second-order valence-electron chi connectivity index (χ2n) is 6.65. The normalized spacial score (nSPS) is 22.1. The number of likely N-dealkylation sites (N-methyl/N-ethyl adjacent to an activating group) is 1. The number of nitrogens with one attached hydrogen (secondary N) is 1. The van der Waals surface area contributed by atoms with Crippen LogP contribution in [0.15, 0.2) is 29.3 Å². The van der Waals surface area contributed by atoms with Crippen LogP contribution in [0.5, 0.6) is 5.75 Å². The Labute approximate surface area is 173 Å². The van der Waals surface area contributed by atoms with Crippen LogP contribution in [0.25, 0.3) is 0 Å². The molecule has 7 nitrogen and oxygen atoms in total. The molecule has 0 spiro atoms. The fourth-order valence-electron chi connectivity index (χ4n) is 3.42. The highest BCUT2D eigenvalue weighted by atomic mass is 127. The van der Waals surface area contributed by atoms with E-state index in [0.29, 0.717) is 5.75 Å². The number of nitrogens with zero attached hydrogens (tertiary/aromatic N) is 4. The van der Waals surface area contributed by atoms with Crippen molar-refractivity contribution in [3.63, 3.8) is 0 Å². The molecule has 0 saturated carbocycles. The summed E-state index contributed by atoms with van der Waals surface area (Å²) >= 11 is 0. The van der Waals surface area contributed by atoms with Crippen molar-refractivity contribution in [3.05, 3.63) is 24.3 Å². The molecule has 1 unspecified atom stereocenters. The SMILES string of the molecule is CN=C(NCC1CN(C)CCO1)N1CCN(c2ccccc2O)CC1.I. The maximum Gasteiger partial charge on any atom is 0.193 e. The van der Waals surface area contributed by atoms with Gasteiger partial charge in [0.15, 0.2) is 5.96 Å². The Hall–Kier alpha value is -1.26. The van der Waals surface area contributed by atoms with E-state index in [1.165, 1.54) is 0 Å². The number of hydrogen-bond donors (Lipinski definition) is 2. The number of anilines is 1. The standard InChI is InChI=1S/C18H29N5O2.HI/c1-19-18(20-13-15-14-21(2)11-12-25-15)23-9-7-22(8-10-23)16-5-3-4-6-17(16)24;/h3-6,15,24H,7-14H2,1-2H3,(H,19,20);1H. The van der Waals surface area contributed by atoms with Crippen LogP contribution in [0.2, 0.25) is 0 Å². The minimum absolute atomic E-state index is 0. The fourth-order valence-corrected chi connectivity index (χ4v) is 3.42. The van der Waals surface area contributed by atoms with Gasteiger partial charge in [0.1, 0.15) is 5.75 Å². The first-order valence-corrected chi connectivity index (χ1v) is 8.96. The van der Waals surface area contributed by atoms with E-state index in [0.717, 1.165) is 64.1 Å². The summed E-state index contributed by atoms with van der Waals surface area (Å²) in [7, 11) is 3.95. The van der Waals surface area contributed by atoms with Gasteiger partial charge in [-0.05, 0) is 19.2 Å². The largest absolute Gasteiger partial charge is 0.506 e. The average molecular weight is 475 g/mol. The molecule has 0 aromatic heterocycles. The Morgan fingerprint density at radius 3 is 2.62 bits per heavy atom. The first-order chi connectivity index (χ1) is 12.2. The molecule has 2 heterocycles. The van der Waals surface area contributed by atoms with E-state index < -0.39 is 0 Å². The molecule has 26 heavy (non-hydrogen) atoms. The summed E-state index contributed by atoms with van der Waals surface area (Å²) < 4.78 is 5.80. The Balaban J connectivity index is 0.00000243. The van der Waals surface area contributed by atoms with Crippen molar-refractivity contribution >= 4 is 35.6 Å². The maximum atomic E-state index is 10.0. The lowest BCUT2D eigenvalue weighted by Crippen LogP contribution is -2.54. The molecule has 2 fully saturated rings. The van der Waals surface area contributed by atoms with Crippen molar-refractivity contribution in [1.82, 2.24) is 15.1 Å². The van der Waals surface area contributed by atoms with Crippen LogP contribution in [0, 0.1) is 0 Å². The molecule has 146 valence electrons. The summed E-state index contributed by atoms with van der Waals surface area (Å²) in [6, 6.07) is 7.52. The van der Waals surface area contributed by atoms with Gasteiger partial charge in [-0.1, -0.05) is 12.1 Å². The first kappa shape index (κ1) is 21.0. The van der Waals surface area contributed by atoms with Gasteiger partial charge in [-0.2, -0.15) is 0 Å². The van der Waals surface area contributed by atoms with E-state index in [-0.39, 0.29) is 30.1 Å². The van der Waals surface area contributed by atoms with Crippen LogP contribution in [-0.2, 0) is 4.74 Å². The van der Waals surface area contributed by atoms with Crippen LogP contribution >= 0.6 is 24.0 Å². The van der Waals surface area contributed by atoms with E-state index in [1.807, 2.05) is 25.2 Å². The number of phenols is 1. The van der Waals surface area contributed by atoms with Crippen molar-refractivity contribution in [3.8, 4) is 5.75 Å². The Kier molecular flexibility index (Phi) is 8.23. The summed E-state index contributed by atoms with van der Waals surface area (Å²) in [6.07, 6.45) is 0.207. The highest BCUT2D eigenvalue weighted by molar-refractivity contribution is 14.0. The summed E-state index contributed by atoms with van der Waals surface area (Å²) in [5.41, 5.74) is 0.906. The minimum atomic E-state index is 0. The summed E-state index contributed by atoms with van der Waals surface area (Å²) in [6.45, 7) is 6.99. The predicted octanol–water partition coefficient (Wildman–Crippen LogP) is 1.04. The van der Waals surface area contributed by atoms with Gasteiger partial charge >= 0.3 is 0 Å². The number of halogens is 1. The van der Waals surface area contributed by atoms with Gasteiger partial charge < -0.3 is 29.9 Å². The zero-order chi connectivity index (χ0) is 17.6. The molecule has 0 amide bonds. The second-order valence-corrected chi connectivity index (χ2v) is 6.65. The monoisotopic (exact) mass is 475 g/mol. The van der Waals surface area contributed by atoms with E-state index in [2.05, 4.69) is 32.1 Å². The number of para-hydroxylation sites is 2. The molecule has 2 saturated heterocycles. The molecular weight excluding hydrogens is 445 g/mol. The summed E-state index contributed by atoms with van der Waals surface area (Å²) in [5.74, 6) is 1.27. The molecular formula is C18H30IN5O2. The lowest BCUT2D eigenvalue weighted by atomic mass is 10.2. The van der Waals surface area contributed by atoms with Crippen LogP contribution in [0.1, 0.15) is 0 Å². The van der Waals surface area contributed by atoms with E-state index >= 15 is 0 Å². The Morgan fingerprint density at radius 1 is 1.23 bits per heavy atom. The van der Waals surface area contributed by atoms with Crippen LogP contribution in [0.4, 0.5) is 5.69 Å². The molecule has 0 aliphatic carbocycles. The quantitative estimate of drug-likeness (QED) is 0.387. The van der Waals surface area contributed by atoms with E-state index in [9.17, 15) is 5.11 Å². The molecule has 2 aliphatic heterocycles. The highest BCUT2D eigenvalue weighted by Gasteiger charge is 2.23. The van der Waals surface area contributed by atoms with Crippen molar-refractivity contribution in [2.75, 3.05) is 71.4 Å². The number of morpholine rings is 1. The maximum absolute atomic E-state index is 10.0. The summed E-state index contributed by atoms with van der Waals surface area (Å²) in [5, 5.41) is 13.5.